The zero-order valence-corrected chi connectivity index (χ0v) is 29.4. The van der Waals surface area contributed by atoms with Crippen LogP contribution in [0.3, 0.4) is 0 Å². The van der Waals surface area contributed by atoms with E-state index in [4.69, 9.17) is 18.9 Å². The second-order valence-corrected chi connectivity index (χ2v) is 12.5. The average molecular weight is 709 g/mol. The number of rotatable bonds is 15. The van der Waals surface area contributed by atoms with Crippen molar-refractivity contribution < 1.29 is 57.3 Å². The molecule has 274 valence electrons. The number of hydrogen-bond acceptors (Lipinski definition) is 13. The Morgan fingerprint density at radius 1 is 0.922 bits per heavy atom. The molecular formula is C37H44N2O12. The first-order chi connectivity index (χ1) is 24.3. The van der Waals surface area contributed by atoms with E-state index in [1.165, 1.54) is 26.3 Å². The van der Waals surface area contributed by atoms with E-state index in [1.807, 2.05) is 6.92 Å². The minimum absolute atomic E-state index is 0.0386. The largest absolute Gasteiger partial charge is 0.493 e. The van der Waals surface area contributed by atoms with Crippen LogP contribution in [0.5, 0.6) is 11.5 Å². The molecule has 0 bridgehead atoms. The van der Waals surface area contributed by atoms with Crippen molar-refractivity contribution in [1.82, 2.24) is 10.3 Å². The van der Waals surface area contributed by atoms with Crippen LogP contribution in [0.4, 0.5) is 0 Å². The van der Waals surface area contributed by atoms with Crippen LogP contribution in [0.1, 0.15) is 82.3 Å². The van der Waals surface area contributed by atoms with Crippen molar-refractivity contribution in [3.8, 4) is 11.5 Å². The highest BCUT2D eigenvalue weighted by atomic mass is 16.6. The molecule has 51 heavy (non-hydrogen) atoms. The lowest BCUT2D eigenvalue weighted by Gasteiger charge is -2.29. The molecule has 3 rings (SSSR count). The van der Waals surface area contributed by atoms with Crippen molar-refractivity contribution in [2.75, 3.05) is 13.7 Å². The van der Waals surface area contributed by atoms with E-state index in [2.05, 4.69) is 10.3 Å². The fraction of sp³-hybridized carbons (Fsp3) is 0.486. The number of carbonyl (C=O) groups excluding carboxylic acids is 8. The molecule has 1 aromatic carbocycles. The van der Waals surface area contributed by atoms with Gasteiger partial charge in [0.15, 0.2) is 11.4 Å². The van der Waals surface area contributed by atoms with E-state index >= 15 is 0 Å². The number of carbonyl (C=O) groups is 8. The standard InChI is InChI=1S/C37H44N2O12/c1-6-7-18-49-28(41)14-11-15-29(42)50-35-27(48-5)16-17-38-30(35)36(46)39-25-20-26(40)32(44)24(19-23-12-9-8-10-13-23)34(51-37(47)21(2)3)22(4)31(43)33(25)45/h8-10,12-13,16-17,21-22,24-25,34H,6-7,11,14-15,18-20H2,1-5H3,(H,39,46)/t22-,24+,25+,34-/m1/s1. The Kier molecular flexibility index (Phi) is 15.1. The van der Waals surface area contributed by atoms with Gasteiger partial charge in [-0.05, 0) is 24.8 Å². The maximum absolute atomic E-state index is 13.7. The molecule has 0 aliphatic heterocycles. The first-order valence-electron chi connectivity index (χ1n) is 16.9. The second kappa shape index (κ2) is 19.2. The van der Waals surface area contributed by atoms with Gasteiger partial charge >= 0.3 is 17.9 Å². The van der Waals surface area contributed by atoms with Gasteiger partial charge < -0.3 is 24.3 Å². The Morgan fingerprint density at radius 3 is 2.25 bits per heavy atom. The van der Waals surface area contributed by atoms with Gasteiger partial charge in [-0.3, -0.25) is 38.4 Å². The monoisotopic (exact) mass is 708 g/mol. The van der Waals surface area contributed by atoms with Crippen molar-refractivity contribution in [2.24, 2.45) is 17.8 Å². The van der Waals surface area contributed by atoms with Crippen molar-refractivity contribution in [3.05, 3.63) is 53.9 Å². The Morgan fingerprint density at radius 2 is 1.61 bits per heavy atom. The summed E-state index contributed by atoms with van der Waals surface area (Å²) in [4.78, 5) is 109. The van der Waals surface area contributed by atoms with Crippen LogP contribution in [-0.2, 0) is 49.5 Å². The Balaban J connectivity index is 1.87. The SMILES string of the molecule is CCCCOC(=O)CCCC(=O)Oc1c(OC)ccnc1C(=O)N[C@H]1CC(=O)C(=O)[C@H](Cc2ccccc2)[C@H](OC(=O)C(C)C)[C@H](C)C(=O)C1=O. The number of Topliss-reactive ketones (excluding diaryl/α,β-unsaturated/α-hetero) is 4. The average Bonchev–Trinajstić information content (AvgIpc) is 3.13. The smallest absolute Gasteiger partial charge is 0.311 e. The third-order valence-corrected chi connectivity index (χ3v) is 8.23. The Hall–Kier alpha value is -5.27. The van der Waals surface area contributed by atoms with Crippen molar-refractivity contribution in [1.29, 1.82) is 0 Å². The molecular weight excluding hydrogens is 664 g/mol. The van der Waals surface area contributed by atoms with Gasteiger partial charge in [0.05, 0.1) is 31.5 Å². The summed E-state index contributed by atoms with van der Waals surface area (Å²) in [7, 11) is 1.25. The molecule has 1 heterocycles. The predicted molar refractivity (Wildman–Crippen MR) is 180 cm³/mol. The molecule has 14 nitrogen and oxygen atoms in total. The van der Waals surface area contributed by atoms with Crippen LogP contribution >= 0.6 is 0 Å². The van der Waals surface area contributed by atoms with Gasteiger partial charge in [0, 0.05) is 31.5 Å². The molecule has 4 atom stereocenters. The van der Waals surface area contributed by atoms with Crippen LogP contribution < -0.4 is 14.8 Å². The summed E-state index contributed by atoms with van der Waals surface area (Å²) in [5.74, 6) is -11.2. The van der Waals surface area contributed by atoms with Gasteiger partial charge in [-0.1, -0.05) is 64.4 Å². The molecule has 0 saturated heterocycles. The van der Waals surface area contributed by atoms with E-state index in [0.29, 0.717) is 12.0 Å². The number of hydrogen-bond donors (Lipinski definition) is 1. The Labute approximate surface area is 295 Å². The molecule has 0 radical (unpaired) electrons. The number of nitrogens with one attached hydrogen (secondary N) is 1. The molecule has 1 N–H and O–H groups in total. The minimum Gasteiger partial charge on any atom is -0.493 e. The number of aromatic nitrogens is 1. The first-order valence-corrected chi connectivity index (χ1v) is 16.9. The molecule has 0 unspecified atom stereocenters. The number of ketones is 4. The lowest BCUT2D eigenvalue weighted by atomic mass is 9.81. The van der Waals surface area contributed by atoms with Gasteiger partial charge in [0.1, 0.15) is 12.1 Å². The van der Waals surface area contributed by atoms with Crippen LogP contribution in [0.25, 0.3) is 0 Å². The highest BCUT2D eigenvalue weighted by molar-refractivity contribution is 6.44. The summed E-state index contributed by atoms with van der Waals surface area (Å²) in [5, 5.41) is 2.31. The number of methoxy groups -OCH3 is 1. The lowest BCUT2D eigenvalue weighted by Crippen LogP contribution is -2.48. The van der Waals surface area contributed by atoms with E-state index < -0.39 is 94.7 Å². The number of esters is 3. The number of nitrogens with zero attached hydrogens (tertiary/aromatic N) is 1. The zero-order chi connectivity index (χ0) is 37.7. The minimum atomic E-state index is -1.81. The number of amides is 1. The molecule has 1 aliphatic carbocycles. The maximum atomic E-state index is 13.7. The highest BCUT2D eigenvalue weighted by Gasteiger charge is 2.46. The third-order valence-electron chi connectivity index (χ3n) is 8.23. The van der Waals surface area contributed by atoms with Crippen LogP contribution in [0.15, 0.2) is 42.6 Å². The van der Waals surface area contributed by atoms with Crippen LogP contribution in [0, 0.1) is 17.8 Å². The highest BCUT2D eigenvalue weighted by Crippen LogP contribution is 2.31. The van der Waals surface area contributed by atoms with Gasteiger partial charge in [0.25, 0.3) is 5.91 Å². The summed E-state index contributed by atoms with van der Waals surface area (Å²) < 4.78 is 21.4. The number of benzene rings is 1. The normalized spacial score (nSPS) is 19.4. The molecule has 1 amide bonds. The number of unbranched alkanes of at least 4 members (excludes halogenated alkanes) is 1. The molecule has 2 aromatic rings. The molecule has 14 heteroatoms. The summed E-state index contributed by atoms with van der Waals surface area (Å²) in [6, 6.07) is 8.12. The molecule has 1 aromatic heterocycles. The number of ether oxygens (including phenoxy) is 4. The summed E-state index contributed by atoms with van der Waals surface area (Å²) in [6.45, 7) is 6.67. The fourth-order valence-corrected chi connectivity index (χ4v) is 5.30. The van der Waals surface area contributed by atoms with Crippen LogP contribution in [-0.4, -0.2) is 77.8 Å². The van der Waals surface area contributed by atoms with E-state index in [0.717, 1.165) is 6.42 Å². The van der Waals surface area contributed by atoms with E-state index in [9.17, 15) is 38.4 Å². The van der Waals surface area contributed by atoms with Crippen molar-refractivity contribution in [2.45, 2.75) is 84.8 Å². The van der Waals surface area contributed by atoms with E-state index in [-0.39, 0.29) is 38.0 Å². The maximum Gasteiger partial charge on any atom is 0.311 e. The quantitative estimate of drug-likeness (QED) is 0.161. The van der Waals surface area contributed by atoms with Gasteiger partial charge in [-0.2, -0.15) is 0 Å². The van der Waals surface area contributed by atoms with Gasteiger partial charge in [-0.15, -0.1) is 0 Å². The lowest BCUT2D eigenvalue weighted by molar-refractivity contribution is -0.163. The number of pyridine rings is 1. The summed E-state index contributed by atoms with van der Waals surface area (Å²) in [6.07, 6.45) is 0.192. The first kappa shape index (κ1) is 40.2. The third kappa shape index (κ3) is 11.1. The molecule has 0 spiro atoms. The van der Waals surface area contributed by atoms with Crippen LogP contribution in [0.2, 0.25) is 0 Å². The summed E-state index contributed by atoms with van der Waals surface area (Å²) in [5.41, 5.74) is 0.113. The molecule has 1 aliphatic rings. The van der Waals surface area contributed by atoms with Crippen molar-refractivity contribution in [3.63, 3.8) is 0 Å². The van der Waals surface area contributed by atoms with Gasteiger partial charge in [0.2, 0.25) is 28.9 Å². The molecule has 1 fully saturated rings. The molecule has 1 saturated carbocycles. The van der Waals surface area contributed by atoms with E-state index in [1.54, 1.807) is 44.2 Å². The Bertz CT molecular complexity index is 1620. The predicted octanol–water partition coefficient (Wildman–Crippen LogP) is 3.35. The fourth-order valence-electron chi connectivity index (χ4n) is 5.30. The van der Waals surface area contributed by atoms with Crippen molar-refractivity contribution >= 4 is 46.9 Å². The second-order valence-electron chi connectivity index (χ2n) is 12.5. The van der Waals surface area contributed by atoms with Gasteiger partial charge in [-0.25, -0.2) is 4.98 Å². The zero-order valence-electron chi connectivity index (χ0n) is 29.4. The summed E-state index contributed by atoms with van der Waals surface area (Å²) >= 11 is 0. The topological polar surface area (TPSA) is 198 Å².